The number of methoxy groups -OCH3 is 2. The van der Waals surface area contributed by atoms with Gasteiger partial charge in [0, 0.05) is 36.1 Å². The number of hydrogen-bond donors (Lipinski definition) is 2. The van der Waals surface area contributed by atoms with Crippen LogP contribution >= 0.6 is 0 Å². The molecule has 1 aliphatic rings. The van der Waals surface area contributed by atoms with Crippen molar-refractivity contribution < 1.29 is 14.3 Å². The fourth-order valence-corrected chi connectivity index (χ4v) is 4.37. The van der Waals surface area contributed by atoms with Crippen LogP contribution in [0.2, 0.25) is 0 Å². The molecule has 0 saturated carbocycles. The Balaban J connectivity index is 1.52. The molecule has 1 aliphatic heterocycles. The van der Waals surface area contributed by atoms with E-state index >= 15 is 0 Å². The number of rotatable bonds is 10. The summed E-state index contributed by atoms with van der Waals surface area (Å²) < 4.78 is 10.8. The Labute approximate surface area is 207 Å². The van der Waals surface area contributed by atoms with Crippen LogP contribution in [-0.4, -0.2) is 31.6 Å². The summed E-state index contributed by atoms with van der Waals surface area (Å²) in [5.74, 6) is 1.05. The van der Waals surface area contributed by atoms with Gasteiger partial charge in [-0.05, 0) is 42.3 Å². The minimum absolute atomic E-state index is 0.129. The van der Waals surface area contributed by atoms with Gasteiger partial charge in [0.1, 0.15) is 0 Å². The van der Waals surface area contributed by atoms with Crippen LogP contribution < -0.4 is 20.1 Å². The molecule has 0 spiro atoms. The topological polar surface area (TPSA) is 62.8 Å². The summed E-state index contributed by atoms with van der Waals surface area (Å²) >= 11 is 0. The van der Waals surface area contributed by atoms with E-state index in [0.29, 0.717) is 23.5 Å². The van der Waals surface area contributed by atoms with Crippen LogP contribution in [0.3, 0.4) is 0 Å². The van der Waals surface area contributed by atoms with Gasteiger partial charge in [-0.2, -0.15) is 0 Å². The highest BCUT2D eigenvalue weighted by Gasteiger charge is 2.29. The first-order chi connectivity index (χ1) is 17.1. The van der Waals surface area contributed by atoms with Crippen LogP contribution in [0.15, 0.2) is 72.4 Å². The summed E-state index contributed by atoms with van der Waals surface area (Å²) in [7, 11) is 3.18. The molecule has 182 valence electrons. The summed E-state index contributed by atoms with van der Waals surface area (Å²) in [5, 5.41) is 6.43. The third kappa shape index (κ3) is 5.49. The van der Waals surface area contributed by atoms with E-state index in [0.717, 1.165) is 42.3 Å². The molecule has 6 heteroatoms. The number of nitrogens with one attached hydrogen (secondary N) is 2. The SMILES string of the molecule is CC/C(Nc1ccc(CN(CC)Cc2ccccc2)cc1)=C1/C(=O)Nc2cc(OC)c(OC)cc21. The standard InChI is InChI=1S/C29H33N3O3/c1-5-24(28-23-16-26(34-3)27(35-4)17-25(23)31-29(28)33)30-22-14-12-21(13-15-22)19-32(6-2)18-20-10-8-7-9-11-20/h7-17,30H,5-6,18-19H2,1-4H3,(H,31,33)/b28-24-. The Bertz CT molecular complexity index is 1200. The third-order valence-electron chi connectivity index (χ3n) is 6.28. The lowest BCUT2D eigenvalue weighted by molar-refractivity contribution is -0.110. The molecule has 0 aromatic heterocycles. The lowest BCUT2D eigenvalue weighted by atomic mass is 10.0. The number of hydrogen-bond acceptors (Lipinski definition) is 5. The van der Waals surface area contributed by atoms with Gasteiger partial charge >= 0.3 is 0 Å². The summed E-state index contributed by atoms with van der Waals surface area (Å²) in [6, 6.07) is 22.6. The van der Waals surface area contributed by atoms with Gasteiger partial charge in [0.2, 0.25) is 0 Å². The Hall–Kier alpha value is -3.77. The highest BCUT2D eigenvalue weighted by molar-refractivity contribution is 6.32. The Morgan fingerprint density at radius 3 is 2.11 bits per heavy atom. The number of amides is 1. The van der Waals surface area contributed by atoms with E-state index in [-0.39, 0.29) is 5.91 Å². The maximum Gasteiger partial charge on any atom is 0.258 e. The molecule has 35 heavy (non-hydrogen) atoms. The number of anilines is 2. The first-order valence-electron chi connectivity index (χ1n) is 12.0. The van der Waals surface area contributed by atoms with Gasteiger partial charge in [0.15, 0.2) is 11.5 Å². The molecule has 3 aromatic carbocycles. The number of ether oxygens (including phenoxy) is 2. The van der Waals surface area contributed by atoms with Gasteiger partial charge in [0.05, 0.1) is 25.5 Å². The van der Waals surface area contributed by atoms with Crippen LogP contribution in [0.25, 0.3) is 5.57 Å². The van der Waals surface area contributed by atoms with Crippen LogP contribution in [0.5, 0.6) is 11.5 Å². The second-order valence-corrected chi connectivity index (χ2v) is 8.52. The second-order valence-electron chi connectivity index (χ2n) is 8.52. The molecular weight excluding hydrogens is 438 g/mol. The molecular formula is C29H33N3O3. The quantitative estimate of drug-likeness (QED) is 0.360. The van der Waals surface area contributed by atoms with Crippen molar-refractivity contribution in [3.8, 4) is 11.5 Å². The number of nitrogens with zero attached hydrogens (tertiary/aromatic N) is 1. The van der Waals surface area contributed by atoms with Gasteiger partial charge in [-0.1, -0.05) is 56.3 Å². The van der Waals surface area contributed by atoms with E-state index in [9.17, 15) is 4.79 Å². The van der Waals surface area contributed by atoms with Crippen LogP contribution in [0, 0.1) is 0 Å². The number of carbonyl (C=O) groups is 1. The average Bonchev–Trinajstić information content (AvgIpc) is 3.21. The van der Waals surface area contributed by atoms with E-state index in [4.69, 9.17) is 9.47 Å². The van der Waals surface area contributed by atoms with Crippen molar-refractivity contribution in [2.75, 3.05) is 31.4 Å². The van der Waals surface area contributed by atoms with Crippen molar-refractivity contribution in [2.45, 2.75) is 33.4 Å². The smallest absolute Gasteiger partial charge is 0.258 e. The molecule has 6 nitrogen and oxygen atoms in total. The number of carbonyl (C=O) groups excluding carboxylic acids is 1. The minimum atomic E-state index is -0.129. The van der Waals surface area contributed by atoms with E-state index in [1.165, 1.54) is 11.1 Å². The maximum absolute atomic E-state index is 12.9. The summed E-state index contributed by atoms with van der Waals surface area (Å²) in [6.07, 6.45) is 0.680. The second kappa shape index (κ2) is 11.1. The van der Waals surface area contributed by atoms with E-state index in [1.54, 1.807) is 20.3 Å². The molecule has 2 N–H and O–H groups in total. The average molecular weight is 472 g/mol. The van der Waals surface area contributed by atoms with E-state index in [1.807, 2.05) is 19.1 Å². The lowest BCUT2D eigenvalue weighted by Crippen LogP contribution is -2.22. The number of benzene rings is 3. The first kappa shape index (κ1) is 24.4. The van der Waals surface area contributed by atoms with Gasteiger partial charge in [-0.15, -0.1) is 0 Å². The monoisotopic (exact) mass is 471 g/mol. The van der Waals surface area contributed by atoms with Gasteiger partial charge < -0.3 is 20.1 Å². The van der Waals surface area contributed by atoms with Crippen LogP contribution in [0.1, 0.15) is 37.0 Å². The molecule has 1 heterocycles. The van der Waals surface area contributed by atoms with Crippen LogP contribution in [0.4, 0.5) is 11.4 Å². The molecule has 0 unspecified atom stereocenters. The summed E-state index contributed by atoms with van der Waals surface area (Å²) in [6.45, 7) is 7.01. The summed E-state index contributed by atoms with van der Waals surface area (Å²) in [4.78, 5) is 15.3. The molecule has 0 fully saturated rings. The maximum atomic E-state index is 12.9. The van der Waals surface area contributed by atoms with Gasteiger partial charge in [-0.3, -0.25) is 9.69 Å². The minimum Gasteiger partial charge on any atom is -0.493 e. The van der Waals surface area contributed by atoms with Gasteiger partial charge in [-0.25, -0.2) is 0 Å². The Morgan fingerprint density at radius 2 is 1.51 bits per heavy atom. The zero-order valence-electron chi connectivity index (χ0n) is 20.9. The van der Waals surface area contributed by atoms with Crippen molar-refractivity contribution in [1.82, 2.24) is 4.90 Å². The molecule has 1 amide bonds. The highest BCUT2D eigenvalue weighted by atomic mass is 16.5. The molecule has 0 bridgehead atoms. The largest absolute Gasteiger partial charge is 0.493 e. The molecule has 3 aromatic rings. The van der Waals surface area contributed by atoms with Gasteiger partial charge in [0.25, 0.3) is 5.91 Å². The highest BCUT2D eigenvalue weighted by Crippen LogP contribution is 2.42. The Kier molecular flexibility index (Phi) is 7.73. The Morgan fingerprint density at radius 1 is 0.886 bits per heavy atom. The molecule has 0 saturated heterocycles. The number of allylic oxidation sites excluding steroid dienone is 1. The zero-order chi connectivity index (χ0) is 24.8. The van der Waals surface area contributed by atoms with Crippen molar-refractivity contribution in [3.05, 3.63) is 89.1 Å². The van der Waals surface area contributed by atoms with Crippen molar-refractivity contribution in [3.63, 3.8) is 0 Å². The third-order valence-corrected chi connectivity index (χ3v) is 6.28. The van der Waals surface area contributed by atoms with E-state index < -0.39 is 0 Å². The molecule has 0 aliphatic carbocycles. The predicted molar refractivity (Wildman–Crippen MR) is 142 cm³/mol. The zero-order valence-corrected chi connectivity index (χ0v) is 20.9. The fourth-order valence-electron chi connectivity index (χ4n) is 4.37. The van der Waals surface area contributed by atoms with Crippen LogP contribution in [-0.2, 0) is 17.9 Å². The normalized spacial score (nSPS) is 13.9. The molecule has 4 rings (SSSR count). The lowest BCUT2D eigenvalue weighted by Gasteiger charge is -2.21. The van der Waals surface area contributed by atoms with E-state index in [2.05, 4.69) is 71.0 Å². The summed E-state index contributed by atoms with van der Waals surface area (Å²) in [5.41, 5.74) is 6.55. The first-order valence-corrected chi connectivity index (χ1v) is 12.0. The van der Waals surface area contributed by atoms with Crippen molar-refractivity contribution in [1.29, 1.82) is 0 Å². The molecule has 0 atom stereocenters. The number of fused-ring (bicyclic) bond motifs is 1. The predicted octanol–water partition coefficient (Wildman–Crippen LogP) is 5.91. The fraction of sp³-hybridized carbons (Fsp3) is 0.276. The van der Waals surface area contributed by atoms with Crippen molar-refractivity contribution in [2.24, 2.45) is 0 Å². The van der Waals surface area contributed by atoms with Crippen molar-refractivity contribution >= 4 is 22.9 Å². The molecule has 0 radical (unpaired) electrons.